The van der Waals surface area contributed by atoms with E-state index in [0.717, 1.165) is 16.7 Å². The molecule has 4 heteroatoms. The predicted molar refractivity (Wildman–Crippen MR) is 89.6 cm³/mol. The van der Waals surface area contributed by atoms with Gasteiger partial charge in [-0.25, -0.2) is 9.18 Å². The van der Waals surface area contributed by atoms with Crippen molar-refractivity contribution in [1.29, 1.82) is 0 Å². The van der Waals surface area contributed by atoms with Gasteiger partial charge in [-0.15, -0.1) is 0 Å². The molecule has 0 atom stereocenters. The summed E-state index contributed by atoms with van der Waals surface area (Å²) in [5, 5.41) is 8.87. The van der Waals surface area contributed by atoms with Crippen molar-refractivity contribution in [2.45, 2.75) is 6.61 Å². The molecule has 0 amide bonds. The first-order valence-corrected chi connectivity index (χ1v) is 7.43. The summed E-state index contributed by atoms with van der Waals surface area (Å²) >= 11 is 0. The predicted octanol–water partition coefficient (Wildman–Crippen LogP) is 4.77. The maximum Gasteiger partial charge on any atom is 0.335 e. The van der Waals surface area contributed by atoms with Crippen LogP contribution in [-0.4, -0.2) is 11.1 Å². The largest absolute Gasteiger partial charge is 0.489 e. The molecule has 24 heavy (non-hydrogen) atoms. The van der Waals surface area contributed by atoms with Gasteiger partial charge in [-0.2, -0.15) is 0 Å². The molecule has 3 rings (SSSR count). The SMILES string of the molecule is O=C(O)c1ccc(COc2ccc(-c3ccc(F)cc3)cc2)cc1. The highest BCUT2D eigenvalue weighted by atomic mass is 19.1. The smallest absolute Gasteiger partial charge is 0.335 e. The lowest BCUT2D eigenvalue weighted by Gasteiger charge is -2.08. The minimum Gasteiger partial charge on any atom is -0.489 e. The van der Waals surface area contributed by atoms with E-state index in [9.17, 15) is 9.18 Å². The molecule has 0 unspecified atom stereocenters. The lowest BCUT2D eigenvalue weighted by Crippen LogP contribution is -1.98. The van der Waals surface area contributed by atoms with Gasteiger partial charge in [0.05, 0.1) is 5.56 Å². The first-order valence-electron chi connectivity index (χ1n) is 7.43. The van der Waals surface area contributed by atoms with E-state index >= 15 is 0 Å². The van der Waals surface area contributed by atoms with E-state index in [2.05, 4.69) is 0 Å². The molecular formula is C20H15FO3. The lowest BCUT2D eigenvalue weighted by atomic mass is 10.1. The summed E-state index contributed by atoms with van der Waals surface area (Å²) in [6.45, 7) is 0.357. The fraction of sp³-hybridized carbons (Fsp3) is 0.0500. The zero-order valence-corrected chi connectivity index (χ0v) is 12.8. The Balaban J connectivity index is 1.63. The minimum absolute atomic E-state index is 0.252. The first-order chi connectivity index (χ1) is 11.6. The van der Waals surface area contributed by atoms with Crippen LogP contribution >= 0.6 is 0 Å². The van der Waals surface area contributed by atoms with Gasteiger partial charge >= 0.3 is 5.97 Å². The Morgan fingerprint density at radius 1 is 0.833 bits per heavy atom. The van der Waals surface area contributed by atoms with Crippen LogP contribution in [0.1, 0.15) is 15.9 Å². The zero-order valence-electron chi connectivity index (χ0n) is 12.8. The number of benzene rings is 3. The van der Waals surface area contributed by atoms with Crippen LogP contribution in [-0.2, 0) is 6.61 Å². The molecule has 0 fully saturated rings. The van der Waals surface area contributed by atoms with E-state index in [4.69, 9.17) is 9.84 Å². The van der Waals surface area contributed by atoms with Crippen LogP contribution in [0.15, 0.2) is 72.8 Å². The van der Waals surface area contributed by atoms with Crippen molar-refractivity contribution in [2.75, 3.05) is 0 Å². The molecule has 3 aromatic carbocycles. The monoisotopic (exact) mass is 322 g/mol. The molecule has 0 spiro atoms. The van der Waals surface area contributed by atoms with Crippen LogP contribution in [0.3, 0.4) is 0 Å². The van der Waals surface area contributed by atoms with Crippen LogP contribution in [0.4, 0.5) is 4.39 Å². The van der Waals surface area contributed by atoms with Gasteiger partial charge in [-0.1, -0.05) is 36.4 Å². The van der Waals surface area contributed by atoms with Gasteiger partial charge in [0, 0.05) is 0 Å². The first kappa shape index (κ1) is 15.7. The fourth-order valence-electron chi connectivity index (χ4n) is 2.30. The number of halogens is 1. The number of aromatic carboxylic acids is 1. The number of carboxylic acid groups (broad SMARTS) is 1. The third kappa shape index (κ3) is 3.79. The second-order valence-corrected chi connectivity index (χ2v) is 5.32. The van der Waals surface area contributed by atoms with Crippen LogP contribution in [0.5, 0.6) is 5.75 Å². The van der Waals surface area contributed by atoms with E-state index in [1.165, 1.54) is 12.1 Å². The fourth-order valence-corrected chi connectivity index (χ4v) is 2.30. The van der Waals surface area contributed by atoms with Crippen LogP contribution in [0.2, 0.25) is 0 Å². The minimum atomic E-state index is -0.946. The Morgan fingerprint density at radius 2 is 1.38 bits per heavy atom. The lowest BCUT2D eigenvalue weighted by molar-refractivity contribution is 0.0697. The van der Waals surface area contributed by atoms with Crippen molar-refractivity contribution >= 4 is 5.97 Å². The Morgan fingerprint density at radius 3 is 1.92 bits per heavy atom. The van der Waals surface area contributed by atoms with Gasteiger partial charge in [0.15, 0.2) is 0 Å². The quantitative estimate of drug-likeness (QED) is 0.736. The summed E-state index contributed by atoms with van der Waals surface area (Å²) in [7, 11) is 0. The molecule has 0 bridgehead atoms. The molecule has 0 saturated heterocycles. The number of ether oxygens (including phenoxy) is 1. The zero-order chi connectivity index (χ0) is 16.9. The second kappa shape index (κ2) is 6.96. The highest BCUT2D eigenvalue weighted by molar-refractivity contribution is 5.87. The third-order valence-corrected chi connectivity index (χ3v) is 3.64. The van der Waals surface area contributed by atoms with E-state index in [0.29, 0.717) is 12.4 Å². The Hall–Kier alpha value is -3.14. The molecular weight excluding hydrogens is 307 g/mol. The molecule has 0 aromatic heterocycles. The number of hydrogen-bond acceptors (Lipinski definition) is 2. The van der Waals surface area contributed by atoms with E-state index in [1.807, 2.05) is 24.3 Å². The number of hydrogen-bond donors (Lipinski definition) is 1. The molecule has 0 aliphatic heterocycles. The standard InChI is InChI=1S/C20H15FO3/c21-18-9-5-15(6-10-18)16-7-11-19(12-8-16)24-13-14-1-3-17(4-2-14)20(22)23/h1-12H,13H2,(H,22,23). The third-order valence-electron chi connectivity index (χ3n) is 3.64. The average Bonchev–Trinajstić information content (AvgIpc) is 2.61. The molecule has 3 nitrogen and oxygen atoms in total. The Kier molecular flexibility index (Phi) is 4.57. The van der Waals surface area contributed by atoms with E-state index in [1.54, 1.807) is 36.4 Å². The van der Waals surface area contributed by atoms with Crippen molar-refractivity contribution in [3.05, 3.63) is 89.7 Å². The van der Waals surface area contributed by atoms with Gasteiger partial charge < -0.3 is 9.84 Å². The Bertz CT molecular complexity index is 822. The van der Waals surface area contributed by atoms with Gasteiger partial charge in [0.25, 0.3) is 0 Å². The molecule has 0 aliphatic rings. The molecule has 0 heterocycles. The second-order valence-electron chi connectivity index (χ2n) is 5.32. The van der Waals surface area contributed by atoms with Crippen molar-refractivity contribution in [2.24, 2.45) is 0 Å². The number of rotatable bonds is 5. The normalized spacial score (nSPS) is 10.4. The number of carbonyl (C=O) groups is 1. The van der Waals surface area contributed by atoms with Crippen molar-refractivity contribution < 1.29 is 19.0 Å². The van der Waals surface area contributed by atoms with E-state index in [-0.39, 0.29) is 11.4 Å². The molecule has 1 N–H and O–H groups in total. The van der Waals surface area contributed by atoms with Crippen LogP contribution in [0, 0.1) is 5.82 Å². The molecule has 0 saturated carbocycles. The highest BCUT2D eigenvalue weighted by Crippen LogP contribution is 2.23. The summed E-state index contributed by atoms with van der Waals surface area (Å²) in [5.74, 6) is -0.491. The molecule has 0 aliphatic carbocycles. The summed E-state index contributed by atoms with van der Waals surface area (Å²) in [4.78, 5) is 10.8. The van der Waals surface area contributed by atoms with Crippen LogP contribution in [0.25, 0.3) is 11.1 Å². The Labute approximate surface area is 139 Å². The summed E-state index contributed by atoms with van der Waals surface area (Å²) in [6, 6.07) is 20.4. The summed E-state index contributed by atoms with van der Waals surface area (Å²) < 4.78 is 18.6. The maximum absolute atomic E-state index is 12.9. The van der Waals surface area contributed by atoms with Gasteiger partial charge in [-0.3, -0.25) is 0 Å². The number of carboxylic acids is 1. The van der Waals surface area contributed by atoms with Crippen molar-refractivity contribution in [3.63, 3.8) is 0 Å². The van der Waals surface area contributed by atoms with Crippen LogP contribution < -0.4 is 4.74 Å². The summed E-state index contributed by atoms with van der Waals surface area (Å²) in [6.07, 6.45) is 0. The van der Waals surface area contributed by atoms with Gasteiger partial charge in [-0.05, 0) is 53.1 Å². The average molecular weight is 322 g/mol. The maximum atomic E-state index is 12.9. The van der Waals surface area contributed by atoms with Gasteiger partial charge in [0.1, 0.15) is 18.2 Å². The van der Waals surface area contributed by atoms with E-state index < -0.39 is 5.97 Å². The van der Waals surface area contributed by atoms with Crippen molar-refractivity contribution in [3.8, 4) is 16.9 Å². The molecule has 0 radical (unpaired) electrons. The molecule has 120 valence electrons. The summed E-state index contributed by atoms with van der Waals surface area (Å²) in [5.41, 5.74) is 3.06. The highest BCUT2D eigenvalue weighted by Gasteiger charge is 2.03. The topological polar surface area (TPSA) is 46.5 Å². The van der Waals surface area contributed by atoms with Crippen molar-refractivity contribution in [1.82, 2.24) is 0 Å². The molecule has 3 aromatic rings. The van der Waals surface area contributed by atoms with Gasteiger partial charge in [0.2, 0.25) is 0 Å².